The van der Waals surface area contributed by atoms with Gasteiger partial charge in [-0.1, -0.05) is 54.6 Å². The number of ether oxygens (including phenoxy) is 1. The first kappa shape index (κ1) is 19.1. The lowest BCUT2D eigenvalue weighted by Gasteiger charge is -2.22. The van der Waals surface area contributed by atoms with Gasteiger partial charge in [0.1, 0.15) is 6.04 Å². The number of amides is 2. The minimum atomic E-state index is -0.344. The molecule has 0 aromatic heterocycles. The Labute approximate surface area is 160 Å². The van der Waals surface area contributed by atoms with Crippen molar-refractivity contribution in [3.8, 4) is 0 Å². The third kappa shape index (κ3) is 5.17. The third-order valence-electron chi connectivity index (χ3n) is 4.90. The lowest BCUT2D eigenvalue weighted by molar-refractivity contribution is -0.136. The highest BCUT2D eigenvalue weighted by Crippen LogP contribution is 2.18. The Morgan fingerprint density at radius 3 is 2.48 bits per heavy atom. The monoisotopic (exact) mass is 366 g/mol. The molecule has 5 heteroatoms. The predicted molar refractivity (Wildman–Crippen MR) is 104 cm³/mol. The summed E-state index contributed by atoms with van der Waals surface area (Å²) < 4.78 is 5.84. The summed E-state index contributed by atoms with van der Waals surface area (Å²) >= 11 is 0. The molecule has 2 aromatic rings. The van der Waals surface area contributed by atoms with Gasteiger partial charge in [0, 0.05) is 20.0 Å². The fourth-order valence-electron chi connectivity index (χ4n) is 3.44. The number of carbonyl (C=O) groups is 2. The molecule has 0 bridgehead atoms. The molecule has 0 aliphatic carbocycles. The molecule has 1 saturated heterocycles. The van der Waals surface area contributed by atoms with Crippen LogP contribution in [0.1, 0.15) is 36.5 Å². The Bertz CT molecular complexity index is 776. The van der Waals surface area contributed by atoms with E-state index in [0.717, 1.165) is 29.5 Å². The number of benzene rings is 2. The summed E-state index contributed by atoms with van der Waals surface area (Å²) in [4.78, 5) is 25.8. The van der Waals surface area contributed by atoms with Crippen LogP contribution in [-0.2, 0) is 34.1 Å². The second kappa shape index (κ2) is 9.33. The Kier molecular flexibility index (Phi) is 6.60. The van der Waals surface area contributed by atoms with Gasteiger partial charge in [-0.2, -0.15) is 0 Å². The molecule has 1 fully saturated rings. The molecule has 1 atom stereocenters. The van der Waals surface area contributed by atoms with Gasteiger partial charge >= 0.3 is 0 Å². The van der Waals surface area contributed by atoms with Crippen LogP contribution in [0.2, 0.25) is 0 Å². The highest BCUT2D eigenvalue weighted by atomic mass is 16.5. The fourth-order valence-corrected chi connectivity index (χ4v) is 3.44. The van der Waals surface area contributed by atoms with Gasteiger partial charge in [-0.05, 0) is 29.5 Å². The van der Waals surface area contributed by atoms with Gasteiger partial charge in [0.05, 0.1) is 13.2 Å². The smallest absolute Gasteiger partial charge is 0.243 e. The highest BCUT2D eigenvalue weighted by Gasteiger charge is 2.32. The molecule has 5 nitrogen and oxygen atoms in total. The van der Waals surface area contributed by atoms with Crippen molar-refractivity contribution in [1.82, 2.24) is 10.2 Å². The van der Waals surface area contributed by atoms with Gasteiger partial charge < -0.3 is 15.0 Å². The number of hydrogen-bond acceptors (Lipinski definition) is 3. The van der Waals surface area contributed by atoms with Crippen molar-refractivity contribution in [2.24, 2.45) is 0 Å². The van der Waals surface area contributed by atoms with Crippen molar-refractivity contribution in [3.63, 3.8) is 0 Å². The van der Waals surface area contributed by atoms with Crippen LogP contribution in [-0.4, -0.2) is 29.3 Å². The summed E-state index contributed by atoms with van der Waals surface area (Å²) in [6.45, 7) is 3.66. The molecule has 1 aliphatic heterocycles. The maximum absolute atomic E-state index is 12.5. The molecule has 1 unspecified atom stereocenters. The Hall–Kier alpha value is -2.66. The molecular formula is C22H26N2O3. The van der Waals surface area contributed by atoms with Gasteiger partial charge in [-0.25, -0.2) is 0 Å². The van der Waals surface area contributed by atoms with Crippen LogP contribution in [0.5, 0.6) is 0 Å². The number of rotatable bonds is 7. The van der Waals surface area contributed by atoms with Gasteiger partial charge in [0.15, 0.2) is 0 Å². The van der Waals surface area contributed by atoms with Crippen LogP contribution >= 0.6 is 0 Å². The molecule has 1 heterocycles. The fraction of sp³-hybridized carbons (Fsp3) is 0.364. The predicted octanol–water partition coefficient (Wildman–Crippen LogP) is 3.03. The quantitative estimate of drug-likeness (QED) is 0.819. The van der Waals surface area contributed by atoms with E-state index in [1.54, 1.807) is 4.90 Å². The molecule has 2 aromatic carbocycles. The van der Waals surface area contributed by atoms with Gasteiger partial charge in [-0.15, -0.1) is 0 Å². The molecule has 1 aliphatic rings. The van der Waals surface area contributed by atoms with Crippen LogP contribution < -0.4 is 5.32 Å². The number of likely N-dealkylation sites (tertiary alicyclic amines) is 1. The Morgan fingerprint density at radius 1 is 1.04 bits per heavy atom. The van der Waals surface area contributed by atoms with Gasteiger partial charge in [0.2, 0.25) is 11.8 Å². The van der Waals surface area contributed by atoms with Gasteiger partial charge in [0.25, 0.3) is 0 Å². The van der Waals surface area contributed by atoms with Crippen LogP contribution in [0.25, 0.3) is 0 Å². The molecule has 3 rings (SSSR count). The van der Waals surface area contributed by atoms with E-state index in [1.807, 2.05) is 54.6 Å². The molecular weight excluding hydrogens is 340 g/mol. The van der Waals surface area contributed by atoms with Crippen molar-refractivity contribution in [2.75, 3.05) is 6.54 Å². The summed E-state index contributed by atoms with van der Waals surface area (Å²) in [7, 11) is 0. The zero-order valence-corrected chi connectivity index (χ0v) is 15.7. The van der Waals surface area contributed by atoms with Gasteiger partial charge in [-0.3, -0.25) is 9.59 Å². The van der Waals surface area contributed by atoms with Crippen molar-refractivity contribution >= 4 is 11.8 Å². The van der Waals surface area contributed by atoms with Crippen molar-refractivity contribution in [2.45, 2.75) is 45.6 Å². The summed E-state index contributed by atoms with van der Waals surface area (Å²) in [6.07, 6.45) is 1.61. The van der Waals surface area contributed by atoms with Crippen LogP contribution in [0.3, 0.4) is 0 Å². The summed E-state index contributed by atoms with van der Waals surface area (Å²) in [6, 6.07) is 17.7. The Balaban J connectivity index is 1.54. The number of carbonyl (C=O) groups excluding carboxylic acids is 2. The highest BCUT2D eigenvalue weighted by molar-refractivity contribution is 5.87. The van der Waals surface area contributed by atoms with E-state index >= 15 is 0 Å². The maximum Gasteiger partial charge on any atom is 0.243 e. The molecule has 27 heavy (non-hydrogen) atoms. The van der Waals surface area contributed by atoms with E-state index < -0.39 is 0 Å². The number of hydrogen-bond donors (Lipinski definition) is 1. The van der Waals surface area contributed by atoms with E-state index in [2.05, 4.69) is 5.32 Å². The molecule has 0 radical (unpaired) electrons. The second-order valence-corrected chi connectivity index (χ2v) is 6.84. The SMILES string of the molecule is CC(=O)N1CCCC1C(=O)NCc1ccccc1COCc1ccccc1. The molecule has 1 N–H and O–H groups in total. The first-order chi connectivity index (χ1) is 13.1. The van der Waals surface area contributed by atoms with E-state index in [-0.39, 0.29) is 17.9 Å². The van der Waals surface area contributed by atoms with Crippen molar-refractivity contribution in [1.29, 1.82) is 0 Å². The average Bonchev–Trinajstić information content (AvgIpc) is 3.18. The van der Waals surface area contributed by atoms with Crippen LogP contribution in [0.4, 0.5) is 0 Å². The third-order valence-corrected chi connectivity index (χ3v) is 4.90. The first-order valence-corrected chi connectivity index (χ1v) is 9.38. The van der Waals surface area contributed by atoms with Crippen molar-refractivity contribution < 1.29 is 14.3 Å². The van der Waals surface area contributed by atoms with E-state index in [9.17, 15) is 9.59 Å². The molecule has 2 amide bonds. The van der Waals surface area contributed by atoms with E-state index in [4.69, 9.17) is 4.74 Å². The van der Waals surface area contributed by atoms with Crippen LogP contribution in [0.15, 0.2) is 54.6 Å². The lowest BCUT2D eigenvalue weighted by atomic mass is 10.1. The number of nitrogens with one attached hydrogen (secondary N) is 1. The standard InChI is InChI=1S/C22H26N2O3/c1-17(25)24-13-7-12-21(24)22(26)23-14-19-10-5-6-11-20(19)16-27-15-18-8-3-2-4-9-18/h2-6,8-11,21H,7,12-16H2,1H3,(H,23,26). The van der Waals surface area contributed by atoms with E-state index in [1.165, 1.54) is 6.92 Å². The summed E-state index contributed by atoms with van der Waals surface area (Å²) in [5.41, 5.74) is 3.23. The molecule has 0 saturated carbocycles. The number of nitrogens with zero attached hydrogens (tertiary/aromatic N) is 1. The minimum Gasteiger partial charge on any atom is -0.372 e. The maximum atomic E-state index is 12.5. The largest absolute Gasteiger partial charge is 0.372 e. The molecule has 0 spiro atoms. The van der Waals surface area contributed by atoms with Crippen LogP contribution in [0, 0.1) is 0 Å². The first-order valence-electron chi connectivity index (χ1n) is 9.38. The summed E-state index contributed by atoms with van der Waals surface area (Å²) in [5.74, 6) is -0.120. The average molecular weight is 366 g/mol. The topological polar surface area (TPSA) is 58.6 Å². The lowest BCUT2D eigenvalue weighted by Crippen LogP contribution is -2.45. The van der Waals surface area contributed by atoms with Crippen molar-refractivity contribution in [3.05, 3.63) is 71.3 Å². The zero-order chi connectivity index (χ0) is 19.1. The normalized spacial score (nSPS) is 16.3. The van der Waals surface area contributed by atoms with E-state index in [0.29, 0.717) is 26.3 Å². The molecule has 142 valence electrons. The Morgan fingerprint density at radius 2 is 1.74 bits per heavy atom. The second-order valence-electron chi connectivity index (χ2n) is 6.84. The zero-order valence-electron chi connectivity index (χ0n) is 15.7. The minimum absolute atomic E-state index is 0.0395. The summed E-state index contributed by atoms with van der Waals surface area (Å²) in [5, 5.41) is 2.99.